The van der Waals surface area contributed by atoms with Gasteiger partial charge in [-0.15, -0.1) is 0 Å². The van der Waals surface area contributed by atoms with Crippen molar-refractivity contribution in [2.24, 2.45) is 0 Å². The quantitative estimate of drug-likeness (QED) is 0.800. The topological polar surface area (TPSA) is 67.3 Å². The summed E-state index contributed by atoms with van der Waals surface area (Å²) in [4.78, 5) is 3.71. The number of rotatable bonds is 2. The van der Waals surface area contributed by atoms with Gasteiger partial charge in [0.25, 0.3) is 10.0 Å². The zero-order valence-electron chi connectivity index (χ0n) is 8.13. The fourth-order valence-corrected chi connectivity index (χ4v) is 5.52. The van der Waals surface area contributed by atoms with Crippen molar-refractivity contribution in [1.82, 2.24) is 9.29 Å². The summed E-state index contributed by atoms with van der Waals surface area (Å²) >= 11 is 6.54. The summed E-state index contributed by atoms with van der Waals surface area (Å²) in [6.07, 6.45) is 1.26. The van der Waals surface area contributed by atoms with Crippen LogP contribution in [0, 0.1) is 0 Å². The van der Waals surface area contributed by atoms with Gasteiger partial charge in [-0.05, 0) is 0 Å². The highest BCUT2D eigenvalue weighted by Crippen LogP contribution is 2.26. The van der Waals surface area contributed by atoms with Gasteiger partial charge in [0.2, 0.25) is 0 Å². The van der Waals surface area contributed by atoms with Crippen LogP contribution in [0.1, 0.15) is 0 Å². The van der Waals surface area contributed by atoms with Gasteiger partial charge in [-0.2, -0.15) is 4.31 Å². The van der Waals surface area contributed by atoms with Gasteiger partial charge >= 0.3 is 0 Å². The van der Waals surface area contributed by atoms with Crippen molar-refractivity contribution in [3.8, 4) is 0 Å². The first-order valence-electron chi connectivity index (χ1n) is 4.46. The van der Waals surface area contributed by atoms with E-state index in [1.165, 1.54) is 10.5 Å². The largest absolute Gasteiger partial charge is 0.259 e. The number of hydrogen-bond donors (Lipinski definition) is 0. The van der Waals surface area contributed by atoms with Crippen LogP contribution in [0.2, 0.25) is 4.47 Å². The minimum absolute atomic E-state index is 0.144. The van der Waals surface area contributed by atoms with Crippen LogP contribution >= 0.6 is 22.9 Å². The third-order valence-corrected chi connectivity index (χ3v) is 6.91. The van der Waals surface area contributed by atoms with Crippen molar-refractivity contribution in [3.05, 3.63) is 10.7 Å². The molecule has 0 atom stereocenters. The highest BCUT2D eigenvalue weighted by molar-refractivity contribution is 7.91. The number of thiazole rings is 1. The van der Waals surface area contributed by atoms with Crippen LogP contribution in [0.4, 0.5) is 0 Å². The summed E-state index contributed by atoms with van der Waals surface area (Å²) in [5.74, 6) is 0.789. The summed E-state index contributed by atoms with van der Waals surface area (Å²) in [5.41, 5.74) is 0. The maximum atomic E-state index is 12.0. The Kier molecular flexibility index (Phi) is 3.65. The van der Waals surface area contributed by atoms with Crippen molar-refractivity contribution in [2.75, 3.05) is 24.6 Å². The minimum atomic E-state index is -3.49. The third-order valence-electron chi connectivity index (χ3n) is 2.19. The predicted molar refractivity (Wildman–Crippen MR) is 63.8 cm³/mol. The Bertz CT molecular complexity index is 503. The van der Waals surface area contributed by atoms with Crippen LogP contribution in [-0.4, -0.2) is 46.5 Å². The smallest absolute Gasteiger partial charge is 0.254 e. The van der Waals surface area contributed by atoms with E-state index in [1.807, 2.05) is 0 Å². The van der Waals surface area contributed by atoms with Crippen LogP contribution in [0.3, 0.4) is 0 Å². The van der Waals surface area contributed by atoms with Gasteiger partial charge in [0.15, 0.2) is 8.68 Å². The molecule has 0 bridgehead atoms. The van der Waals surface area contributed by atoms with Crippen molar-refractivity contribution in [1.29, 1.82) is 0 Å². The Balaban J connectivity index is 2.23. The summed E-state index contributed by atoms with van der Waals surface area (Å²) in [7, 11) is -4.39. The SMILES string of the molecule is O=S1CCN(S(=O)(=O)c2cnc(Cl)s2)CC1. The second-order valence-corrected chi connectivity index (χ2v) is 8.66. The lowest BCUT2D eigenvalue weighted by atomic mass is 10.6. The van der Waals surface area contributed by atoms with E-state index in [0.717, 1.165) is 11.3 Å². The predicted octanol–water partition coefficient (Wildman–Crippen LogP) is 0.550. The Hall–Kier alpha value is -0.0200. The molecule has 1 aromatic rings. The fourth-order valence-electron chi connectivity index (χ4n) is 1.35. The molecule has 1 aliphatic heterocycles. The van der Waals surface area contributed by atoms with Gasteiger partial charge in [-0.1, -0.05) is 22.9 Å². The lowest BCUT2D eigenvalue weighted by Gasteiger charge is -2.24. The van der Waals surface area contributed by atoms with Gasteiger partial charge in [-0.3, -0.25) is 4.21 Å². The molecule has 2 heterocycles. The summed E-state index contributed by atoms with van der Waals surface area (Å²) in [5, 5.41) is 0. The van der Waals surface area contributed by atoms with Crippen LogP contribution < -0.4 is 0 Å². The number of hydrogen-bond acceptors (Lipinski definition) is 5. The van der Waals surface area contributed by atoms with Gasteiger partial charge in [-0.25, -0.2) is 13.4 Å². The first-order chi connectivity index (χ1) is 7.50. The van der Waals surface area contributed by atoms with Gasteiger partial charge in [0.05, 0.1) is 6.20 Å². The second-order valence-electron chi connectivity index (χ2n) is 3.18. The molecule has 9 heteroatoms. The molecule has 16 heavy (non-hydrogen) atoms. The van der Waals surface area contributed by atoms with E-state index < -0.39 is 20.8 Å². The molecule has 0 N–H and O–H groups in total. The lowest BCUT2D eigenvalue weighted by molar-refractivity contribution is 0.440. The van der Waals surface area contributed by atoms with E-state index in [9.17, 15) is 12.6 Å². The minimum Gasteiger partial charge on any atom is -0.259 e. The summed E-state index contributed by atoms with van der Waals surface area (Å²) < 4.78 is 36.9. The summed E-state index contributed by atoms with van der Waals surface area (Å²) in [6, 6.07) is 0. The molecule has 0 aromatic carbocycles. The van der Waals surface area contributed by atoms with Crippen molar-refractivity contribution < 1.29 is 12.6 Å². The normalized spacial score (nSPS) is 20.1. The number of sulfonamides is 1. The molecule has 1 fully saturated rings. The van der Waals surface area contributed by atoms with Crippen LogP contribution in [0.5, 0.6) is 0 Å². The molecule has 1 saturated heterocycles. The molecule has 0 saturated carbocycles. The Morgan fingerprint density at radius 3 is 2.56 bits per heavy atom. The van der Waals surface area contributed by atoms with E-state index >= 15 is 0 Å². The maximum Gasteiger partial charge on any atom is 0.254 e. The average Bonchev–Trinajstić information content (AvgIpc) is 2.66. The molecule has 1 aliphatic rings. The van der Waals surface area contributed by atoms with Crippen LogP contribution in [0.15, 0.2) is 10.4 Å². The average molecular weight is 301 g/mol. The highest BCUT2D eigenvalue weighted by atomic mass is 35.5. The van der Waals surface area contributed by atoms with Crippen molar-refractivity contribution >= 4 is 43.8 Å². The van der Waals surface area contributed by atoms with E-state index in [1.54, 1.807) is 0 Å². The number of nitrogens with zero attached hydrogens (tertiary/aromatic N) is 2. The third kappa shape index (κ3) is 2.45. The number of halogens is 1. The molecule has 90 valence electrons. The molecule has 0 spiro atoms. The van der Waals surface area contributed by atoms with Crippen LogP contribution in [-0.2, 0) is 20.8 Å². The van der Waals surface area contributed by atoms with Gasteiger partial charge in [0.1, 0.15) is 0 Å². The van der Waals surface area contributed by atoms with E-state index in [2.05, 4.69) is 4.98 Å². The lowest BCUT2D eigenvalue weighted by Crippen LogP contribution is -2.41. The monoisotopic (exact) mass is 300 g/mol. The van der Waals surface area contributed by atoms with Gasteiger partial charge < -0.3 is 0 Å². The molecule has 1 aromatic heterocycles. The Labute approximate surface area is 105 Å². The Morgan fingerprint density at radius 1 is 1.44 bits per heavy atom. The van der Waals surface area contributed by atoms with E-state index in [0.29, 0.717) is 24.6 Å². The Morgan fingerprint density at radius 2 is 2.06 bits per heavy atom. The van der Waals surface area contributed by atoms with Gasteiger partial charge in [0, 0.05) is 35.4 Å². The highest BCUT2D eigenvalue weighted by Gasteiger charge is 2.29. The molecular weight excluding hydrogens is 292 g/mol. The molecule has 0 aliphatic carbocycles. The standard InChI is InChI=1S/C7H9ClN2O3S3/c8-7-9-5-6(14-7)16(12,13)10-1-3-15(11)4-2-10/h5H,1-4H2. The zero-order valence-corrected chi connectivity index (χ0v) is 11.3. The zero-order chi connectivity index (χ0) is 11.8. The molecule has 2 rings (SSSR count). The fraction of sp³-hybridized carbons (Fsp3) is 0.571. The van der Waals surface area contributed by atoms with E-state index in [-0.39, 0.29) is 8.68 Å². The first kappa shape index (κ1) is 12.4. The molecular formula is C7H9ClN2O3S3. The van der Waals surface area contributed by atoms with E-state index in [4.69, 9.17) is 11.6 Å². The second kappa shape index (κ2) is 4.69. The molecule has 0 unspecified atom stereocenters. The van der Waals surface area contributed by atoms with Crippen molar-refractivity contribution in [3.63, 3.8) is 0 Å². The van der Waals surface area contributed by atoms with Crippen LogP contribution in [0.25, 0.3) is 0 Å². The van der Waals surface area contributed by atoms with Crippen molar-refractivity contribution in [2.45, 2.75) is 4.21 Å². The molecule has 5 nitrogen and oxygen atoms in total. The number of aromatic nitrogens is 1. The molecule has 0 amide bonds. The molecule has 0 radical (unpaired) electrons. The first-order valence-corrected chi connectivity index (χ1v) is 8.59. The maximum absolute atomic E-state index is 12.0. The summed E-state index contributed by atoms with van der Waals surface area (Å²) in [6.45, 7) is 0.592.